The second-order valence-electron chi connectivity index (χ2n) is 7.86. The Morgan fingerprint density at radius 3 is 2.42 bits per heavy atom. The van der Waals surface area contributed by atoms with Crippen LogP contribution >= 0.6 is 0 Å². The number of carbonyl (C=O) groups excluding carboxylic acids is 3. The molecule has 1 heterocycles. The number of rotatable bonds is 14. The van der Waals surface area contributed by atoms with E-state index in [2.05, 4.69) is 17.2 Å². The molecule has 0 saturated heterocycles. The first-order valence-corrected chi connectivity index (χ1v) is 11.0. The van der Waals surface area contributed by atoms with E-state index in [1.54, 1.807) is 0 Å². The van der Waals surface area contributed by atoms with E-state index in [1.165, 1.54) is 33.2 Å². The predicted molar refractivity (Wildman–Crippen MR) is 120 cm³/mol. The number of unbranched alkanes of at least 4 members (excludes halogenated alkanes) is 1. The number of nitrogens with zero attached hydrogens (tertiary/aromatic N) is 1. The summed E-state index contributed by atoms with van der Waals surface area (Å²) in [6, 6.07) is 0.529. The van der Waals surface area contributed by atoms with Crippen molar-refractivity contribution in [1.82, 2.24) is 10.3 Å². The van der Waals surface area contributed by atoms with Crippen LogP contribution in [0.15, 0.2) is 12.3 Å². The highest BCUT2D eigenvalue weighted by atomic mass is 16.7. The molecular weight excluding hydrogens is 432 g/mol. The zero-order valence-corrected chi connectivity index (χ0v) is 20.5. The lowest BCUT2D eigenvalue weighted by Gasteiger charge is -2.28. The van der Waals surface area contributed by atoms with E-state index in [1.807, 2.05) is 20.8 Å². The first kappa shape index (κ1) is 28.2. The monoisotopic (exact) mass is 468 g/mol. The van der Waals surface area contributed by atoms with Crippen molar-refractivity contribution in [1.29, 1.82) is 0 Å². The standard InChI is InChI=1S/C23H36N2O8/c1-8-9-12-30-16(5)20(14(2)3)33-23(28)15(4)25-22(27)19-21(32-13-31-17(6)26)18(29-7)10-11-24-19/h10-11,14-16,20H,8-9,12-13H2,1-7H3,(H,25,27)/t15-,16-,20+/m0/s1. The first-order valence-electron chi connectivity index (χ1n) is 11.0. The summed E-state index contributed by atoms with van der Waals surface area (Å²) in [6.45, 7) is 10.7. The minimum absolute atomic E-state index is 0.0164. The molecule has 0 radical (unpaired) electrons. The molecule has 1 aromatic rings. The summed E-state index contributed by atoms with van der Waals surface area (Å²) in [5, 5.41) is 2.56. The average Bonchev–Trinajstić information content (AvgIpc) is 2.76. The highest BCUT2D eigenvalue weighted by Crippen LogP contribution is 2.29. The van der Waals surface area contributed by atoms with Crippen molar-refractivity contribution in [3.8, 4) is 11.5 Å². The Kier molecular flexibility index (Phi) is 12.2. The molecule has 0 fully saturated rings. The number of ether oxygens (including phenoxy) is 5. The minimum Gasteiger partial charge on any atom is -0.493 e. The number of aromatic nitrogens is 1. The SMILES string of the molecule is CCCCO[C@@H](C)[C@H](OC(=O)[C@H](C)NC(=O)c1nccc(OC)c1OCOC(C)=O)C(C)C. The van der Waals surface area contributed by atoms with Gasteiger partial charge in [0.15, 0.2) is 17.2 Å². The molecule has 0 bridgehead atoms. The van der Waals surface area contributed by atoms with Gasteiger partial charge < -0.3 is 29.0 Å². The van der Waals surface area contributed by atoms with Gasteiger partial charge in [-0.3, -0.25) is 9.59 Å². The third-order valence-electron chi connectivity index (χ3n) is 4.72. The second-order valence-corrected chi connectivity index (χ2v) is 7.86. The van der Waals surface area contributed by atoms with Gasteiger partial charge in [0.05, 0.1) is 13.2 Å². The Hall–Kier alpha value is -2.88. The van der Waals surface area contributed by atoms with Crippen LogP contribution in [0.3, 0.4) is 0 Å². The van der Waals surface area contributed by atoms with Crippen LogP contribution in [0.5, 0.6) is 11.5 Å². The Balaban J connectivity index is 2.87. The normalized spacial score (nSPS) is 13.6. The summed E-state index contributed by atoms with van der Waals surface area (Å²) in [4.78, 5) is 40.5. The maximum atomic E-state index is 12.8. The molecule has 1 N–H and O–H groups in total. The summed E-state index contributed by atoms with van der Waals surface area (Å²) in [6.07, 6.45) is 2.54. The maximum absolute atomic E-state index is 12.8. The lowest BCUT2D eigenvalue weighted by atomic mass is 10.0. The van der Waals surface area contributed by atoms with Gasteiger partial charge in [-0.15, -0.1) is 0 Å². The van der Waals surface area contributed by atoms with E-state index < -0.39 is 36.8 Å². The molecule has 0 aliphatic heterocycles. The molecule has 0 unspecified atom stereocenters. The predicted octanol–water partition coefficient (Wildman–Crippen LogP) is 2.88. The van der Waals surface area contributed by atoms with Crippen LogP contribution in [0, 0.1) is 5.92 Å². The molecule has 33 heavy (non-hydrogen) atoms. The van der Waals surface area contributed by atoms with Gasteiger partial charge in [-0.05, 0) is 26.2 Å². The van der Waals surface area contributed by atoms with E-state index in [0.717, 1.165) is 12.8 Å². The fourth-order valence-electron chi connectivity index (χ4n) is 2.91. The molecule has 10 heteroatoms. The summed E-state index contributed by atoms with van der Waals surface area (Å²) in [5.41, 5.74) is -0.127. The largest absolute Gasteiger partial charge is 0.493 e. The molecule has 1 rings (SSSR count). The average molecular weight is 469 g/mol. The molecule has 0 aromatic carbocycles. The smallest absolute Gasteiger partial charge is 0.328 e. The molecule has 0 aliphatic rings. The molecule has 1 amide bonds. The first-order chi connectivity index (χ1) is 15.6. The van der Waals surface area contributed by atoms with E-state index in [-0.39, 0.29) is 29.2 Å². The highest BCUT2D eigenvalue weighted by Gasteiger charge is 2.29. The zero-order chi connectivity index (χ0) is 25.0. The lowest BCUT2D eigenvalue weighted by molar-refractivity contribution is -0.162. The van der Waals surface area contributed by atoms with Crippen molar-refractivity contribution >= 4 is 17.8 Å². The van der Waals surface area contributed by atoms with Crippen molar-refractivity contribution in [2.45, 2.75) is 72.6 Å². The quantitative estimate of drug-likeness (QED) is 0.249. The summed E-state index contributed by atoms with van der Waals surface area (Å²) in [7, 11) is 1.39. The van der Waals surface area contributed by atoms with Crippen molar-refractivity contribution in [2.75, 3.05) is 20.5 Å². The molecule has 0 saturated carbocycles. The van der Waals surface area contributed by atoms with Crippen LogP contribution in [-0.2, 0) is 23.8 Å². The Morgan fingerprint density at radius 2 is 1.85 bits per heavy atom. The van der Waals surface area contributed by atoms with Crippen LogP contribution in [0.25, 0.3) is 0 Å². The molecular formula is C23H36N2O8. The molecule has 186 valence electrons. The van der Waals surface area contributed by atoms with Gasteiger partial charge in [0.25, 0.3) is 5.91 Å². The summed E-state index contributed by atoms with van der Waals surface area (Å²) >= 11 is 0. The molecule has 0 spiro atoms. The number of hydrogen-bond donors (Lipinski definition) is 1. The second kappa shape index (κ2) is 14.3. The fourth-order valence-corrected chi connectivity index (χ4v) is 2.91. The number of pyridine rings is 1. The van der Waals surface area contributed by atoms with Crippen molar-refractivity contribution in [2.24, 2.45) is 5.92 Å². The fraction of sp³-hybridized carbons (Fsp3) is 0.652. The molecule has 3 atom stereocenters. The van der Waals surface area contributed by atoms with Crippen molar-refractivity contribution in [3.05, 3.63) is 18.0 Å². The third kappa shape index (κ3) is 9.25. The highest BCUT2D eigenvalue weighted by molar-refractivity contribution is 5.98. The number of methoxy groups -OCH3 is 1. The number of carbonyl (C=O) groups is 3. The zero-order valence-electron chi connectivity index (χ0n) is 20.5. The van der Waals surface area contributed by atoms with Crippen LogP contribution in [0.4, 0.5) is 0 Å². The van der Waals surface area contributed by atoms with Crippen LogP contribution in [0.2, 0.25) is 0 Å². The van der Waals surface area contributed by atoms with Gasteiger partial charge in [-0.1, -0.05) is 27.2 Å². The Bertz CT molecular complexity index is 784. The van der Waals surface area contributed by atoms with Crippen molar-refractivity contribution < 1.29 is 38.1 Å². The molecule has 0 aliphatic carbocycles. The minimum atomic E-state index is -0.962. The molecule has 1 aromatic heterocycles. The Labute approximate surface area is 195 Å². The maximum Gasteiger partial charge on any atom is 0.328 e. The third-order valence-corrected chi connectivity index (χ3v) is 4.72. The number of hydrogen-bond acceptors (Lipinski definition) is 9. The van der Waals surface area contributed by atoms with Gasteiger partial charge in [-0.25, -0.2) is 9.78 Å². The Morgan fingerprint density at radius 1 is 1.15 bits per heavy atom. The number of nitrogens with one attached hydrogen (secondary N) is 1. The van der Waals surface area contributed by atoms with Crippen molar-refractivity contribution in [3.63, 3.8) is 0 Å². The van der Waals surface area contributed by atoms with E-state index in [4.69, 9.17) is 23.7 Å². The summed E-state index contributed by atoms with van der Waals surface area (Å²) < 4.78 is 26.8. The number of amides is 1. The lowest BCUT2D eigenvalue weighted by Crippen LogP contribution is -2.44. The molecule has 10 nitrogen and oxygen atoms in total. The van der Waals surface area contributed by atoms with Crippen LogP contribution < -0.4 is 14.8 Å². The topological polar surface area (TPSA) is 122 Å². The number of esters is 2. The van der Waals surface area contributed by atoms with E-state index in [0.29, 0.717) is 6.61 Å². The summed E-state index contributed by atoms with van der Waals surface area (Å²) in [5.74, 6) is -1.60. The van der Waals surface area contributed by atoms with Gasteiger partial charge in [0.2, 0.25) is 6.79 Å². The van der Waals surface area contributed by atoms with Crippen LogP contribution in [-0.4, -0.2) is 61.6 Å². The van der Waals surface area contributed by atoms with Gasteiger partial charge in [-0.2, -0.15) is 0 Å². The van der Waals surface area contributed by atoms with Gasteiger partial charge >= 0.3 is 11.9 Å². The van der Waals surface area contributed by atoms with Gasteiger partial charge in [0.1, 0.15) is 12.1 Å². The van der Waals surface area contributed by atoms with Crippen LogP contribution in [0.1, 0.15) is 64.9 Å². The van der Waals surface area contributed by atoms with E-state index >= 15 is 0 Å². The van der Waals surface area contributed by atoms with E-state index in [9.17, 15) is 14.4 Å². The van der Waals surface area contributed by atoms with Gasteiger partial charge in [0, 0.05) is 25.8 Å².